The molecule has 0 saturated carbocycles. The molecule has 0 amide bonds. The van der Waals surface area contributed by atoms with Gasteiger partial charge in [-0.05, 0) is 25.5 Å². The molecular weight excluding hydrogens is 292 g/mol. The number of hydrogen-bond donors (Lipinski definition) is 1. The molecule has 0 radical (unpaired) electrons. The molecule has 1 N–H and O–H groups in total. The predicted molar refractivity (Wildman–Crippen MR) is 80.9 cm³/mol. The molecule has 112 valence electrons. The molecule has 0 atom stereocenters. The average molecular weight is 308 g/mol. The second-order valence-corrected chi connectivity index (χ2v) is 5.48. The maximum Gasteiger partial charge on any atom is 0.272 e. The van der Waals surface area contributed by atoms with E-state index in [9.17, 15) is 10.1 Å². The van der Waals surface area contributed by atoms with Crippen LogP contribution in [-0.2, 0) is 6.61 Å². The molecule has 0 spiro atoms. The zero-order valence-electron chi connectivity index (χ0n) is 11.8. The number of ether oxygens (including phenoxy) is 1. The minimum absolute atomic E-state index is 0.0873. The number of aromatic nitrogens is 2. The minimum atomic E-state index is -0.407. The fourth-order valence-corrected chi connectivity index (χ4v) is 2.36. The summed E-state index contributed by atoms with van der Waals surface area (Å²) in [6.45, 7) is 4.91. The molecule has 7 nitrogen and oxygen atoms in total. The second kappa shape index (κ2) is 6.98. The number of nitro benzene ring substituents is 1. The molecule has 0 saturated heterocycles. The quantitative estimate of drug-likeness (QED) is 0.624. The molecule has 1 heterocycles. The van der Waals surface area contributed by atoms with E-state index in [0.717, 1.165) is 23.1 Å². The van der Waals surface area contributed by atoms with Gasteiger partial charge >= 0.3 is 0 Å². The highest BCUT2D eigenvalue weighted by molar-refractivity contribution is 7.15. The summed E-state index contributed by atoms with van der Waals surface area (Å²) in [7, 11) is 0. The van der Waals surface area contributed by atoms with Gasteiger partial charge in [0, 0.05) is 18.2 Å². The van der Waals surface area contributed by atoms with Crippen molar-refractivity contribution < 1.29 is 9.66 Å². The van der Waals surface area contributed by atoms with Crippen LogP contribution >= 0.6 is 11.3 Å². The number of nitrogens with zero attached hydrogens (tertiary/aromatic N) is 3. The van der Waals surface area contributed by atoms with Crippen molar-refractivity contribution in [1.29, 1.82) is 0 Å². The number of benzene rings is 1. The Labute approximate surface area is 126 Å². The van der Waals surface area contributed by atoms with Gasteiger partial charge in [-0.2, -0.15) is 0 Å². The molecule has 8 heteroatoms. The molecular formula is C13H16N4O3S. The van der Waals surface area contributed by atoms with Gasteiger partial charge in [0.05, 0.1) is 4.92 Å². The Morgan fingerprint density at radius 3 is 2.90 bits per heavy atom. The highest BCUT2D eigenvalue weighted by Gasteiger charge is 2.11. The molecule has 21 heavy (non-hydrogen) atoms. The van der Waals surface area contributed by atoms with Crippen molar-refractivity contribution in [2.45, 2.75) is 26.9 Å². The Bertz CT molecular complexity index is 630. The number of nitrogens with one attached hydrogen (secondary N) is 1. The Morgan fingerprint density at radius 1 is 1.43 bits per heavy atom. The van der Waals surface area contributed by atoms with Crippen LogP contribution in [0.25, 0.3) is 0 Å². The van der Waals surface area contributed by atoms with Gasteiger partial charge in [0.1, 0.15) is 12.4 Å². The lowest BCUT2D eigenvalue weighted by atomic mass is 10.2. The molecule has 0 fully saturated rings. The van der Waals surface area contributed by atoms with Crippen LogP contribution in [0.2, 0.25) is 0 Å². The van der Waals surface area contributed by atoms with Gasteiger partial charge in [-0.15, -0.1) is 10.2 Å². The van der Waals surface area contributed by atoms with Crippen molar-refractivity contribution in [3.63, 3.8) is 0 Å². The third-order valence-electron chi connectivity index (χ3n) is 2.72. The van der Waals surface area contributed by atoms with Crippen LogP contribution in [0.5, 0.6) is 5.75 Å². The highest BCUT2D eigenvalue weighted by Crippen LogP contribution is 2.24. The smallest absolute Gasteiger partial charge is 0.272 e. The normalized spacial score (nSPS) is 10.4. The van der Waals surface area contributed by atoms with Gasteiger partial charge < -0.3 is 10.1 Å². The van der Waals surface area contributed by atoms with Crippen LogP contribution in [-0.4, -0.2) is 21.7 Å². The Morgan fingerprint density at radius 2 is 2.24 bits per heavy atom. The van der Waals surface area contributed by atoms with Crippen molar-refractivity contribution in [3.8, 4) is 5.75 Å². The van der Waals surface area contributed by atoms with E-state index in [1.807, 2.05) is 0 Å². The van der Waals surface area contributed by atoms with E-state index in [-0.39, 0.29) is 5.69 Å². The number of hydrogen-bond acceptors (Lipinski definition) is 7. The predicted octanol–water partition coefficient (Wildman–Crippen LogP) is 3.16. The maximum atomic E-state index is 10.7. The third kappa shape index (κ3) is 4.12. The number of rotatable bonds is 7. The zero-order valence-corrected chi connectivity index (χ0v) is 12.6. The summed E-state index contributed by atoms with van der Waals surface area (Å²) in [5.41, 5.74) is 0.657. The van der Waals surface area contributed by atoms with Crippen LogP contribution in [0.3, 0.4) is 0 Å². The van der Waals surface area contributed by atoms with Crippen LogP contribution in [0, 0.1) is 17.0 Å². The summed E-state index contributed by atoms with van der Waals surface area (Å²) < 4.78 is 5.58. The van der Waals surface area contributed by atoms with Crippen molar-refractivity contribution in [3.05, 3.63) is 38.9 Å². The van der Waals surface area contributed by atoms with Crippen LogP contribution in [0.1, 0.15) is 23.9 Å². The highest BCUT2D eigenvalue weighted by atomic mass is 32.1. The first-order chi connectivity index (χ1) is 10.1. The maximum absolute atomic E-state index is 10.7. The number of aryl methyl sites for hydroxylation is 1. The monoisotopic (exact) mass is 308 g/mol. The Hall–Kier alpha value is -2.22. The summed E-state index contributed by atoms with van der Waals surface area (Å²) in [5, 5.41) is 23.5. The second-order valence-electron chi connectivity index (χ2n) is 4.42. The fourth-order valence-electron chi connectivity index (χ4n) is 1.68. The topological polar surface area (TPSA) is 90.2 Å². The van der Waals surface area contributed by atoms with Gasteiger partial charge in [-0.3, -0.25) is 10.1 Å². The summed E-state index contributed by atoms with van der Waals surface area (Å²) >= 11 is 1.44. The lowest BCUT2D eigenvalue weighted by Crippen LogP contribution is -1.98. The molecule has 0 aliphatic carbocycles. The first-order valence-electron chi connectivity index (χ1n) is 6.54. The lowest BCUT2D eigenvalue weighted by Gasteiger charge is -2.04. The van der Waals surface area contributed by atoms with Gasteiger partial charge in [-0.1, -0.05) is 18.3 Å². The van der Waals surface area contributed by atoms with Gasteiger partial charge in [0.2, 0.25) is 5.13 Å². The van der Waals surface area contributed by atoms with Gasteiger partial charge in [-0.25, -0.2) is 0 Å². The fraction of sp³-hybridized carbons (Fsp3) is 0.385. The van der Waals surface area contributed by atoms with Crippen LogP contribution < -0.4 is 10.1 Å². The van der Waals surface area contributed by atoms with Gasteiger partial charge in [0.25, 0.3) is 5.69 Å². The molecule has 2 rings (SSSR count). The molecule has 1 aromatic carbocycles. The molecule has 0 unspecified atom stereocenters. The molecule has 2 aromatic rings. The Kier molecular flexibility index (Phi) is 5.04. The van der Waals surface area contributed by atoms with Gasteiger partial charge in [0.15, 0.2) is 5.01 Å². The summed E-state index contributed by atoms with van der Waals surface area (Å²) in [5.74, 6) is 0.580. The van der Waals surface area contributed by atoms with E-state index >= 15 is 0 Å². The Balaban J connectivity index is 1.95. The van der Waals surface area contributed by atoms with Crippen molar-refractivity contribution in [2.75, 3.05) is 11.9 Å². The molecule has 0 aliphatic heterocycles. The molecule has 1 aromatic heterocycles. The molecule has 0 aliphatic rings. The average Bonchev–Trinajstić information content (AvgIpc) is 2.90. The van der Waals surface area contributed by atoms with E-state index in [0.29, 0.717) is 17.9 Å². The SMILES string of the molecule is CCCNc1nnc(COc2ccc([N+](=O)[O-])c(C)c2)s1. The summed E-state index contributed by atoms with van der Waals surface area (Å²) in [6.07, 6.45) is 1.02. The van der Waals surface area contributed by atoms with E-state index in [1.54, 1.807) is 19.1 Å². The summed E-state index contributed by atoms with van der Waals surface area (Å²) in [6, 6.07) is 4.68. The van der Waals surface area contributed by atoms with E-state index in [4.69, 9.17) is 4.74 Å². The molecule has 0 bridgehead atoms. The van der Waals surface area contributed by atoms with Crippen LogP contribution in [0.15, 0.2) is 18.2 Å². The number of anilines is 1. The zero-order chi connectivity index (χ0) is 15.2. The minimum Gasteiger partial charge on any atom is -0.486 e. The number of nitro groups is 1. The standard InChI is InChI=1S/C13H16N4O3S/c1-3-6-14-13-16-15-12(21-13)8-20-10-4-5-11(17(18)19)9(2)7-10/h4-5,7H,3,6,8H2,1-2H3,(H,14,16). The first-order valence-corrected chi connectivity index (χ1v) is 7.36. The van der Waals surface area contributed by atoms with Crippen molar-refractivity contribution >= 4 is 22.2 Å². The van der Waals surface area contributed by atoms with E-state index in [2.05, 4.69) is 22.4 Å². The summed E-state index contributed by atoms with van der Waals surface area (Å²) in [4.78, 5) is 10.3. The van der Waals surface area contributed by atoms with Crippen LogP contribution in [0.4, 0.5) is 10.8 Å². The lowest BCUT2D eigenvalue weighted by molar-refractivity contribution is -0.385. The third-order valence-corrected chi connectivity index (χ3v) is 3.57. The largest absolute Gasteiger partial charge is 0.486 e. The van der Waals surface area contributed by atoms with Crippen molar-refractivity contribution in [1.82, 2.24) is 10.2 Å². The first kappa shape index (κ1) is 15.2. The van der Waals surface area contributed by atoms with Crippen molar-refractivity contribution in [2.24, 2.45) is 0 Å². The van der Waals surface area contributed by atoms with E-state index < -0.39 is 4.92 Å². The van der Waals surface area contributed by atoms with E-state index in [1.165, 1.54) is 17.4 Å².